The molecule has 2 aromatic rings. The topological polar surface area (TPSA) is 107 Å². The predicted molar refractivity (Wildman–Crippen MR) is 67.6 cm³/mol. The molecule has 0 atom stereocenters. The highest BCUT2D eigenvalue weighted by molar-refractivity contribution is 7.09. The van der Waals surface area contributed by atoms with Gasteiger partial charge in [-0.25, -0.2) is 4.68 Å². The lowest BCUT2D eigenvalue weighted by molar-refractivity contribution is -0.137. The van der Waals surface area contributed by atoms with Crippen LogP contribution in [0.5, 0.6) is 0 Å². The predicted octanol–water partition coefficient (Wildman–Crippen LogP) is 1.01. The first-order valence-electron chi connectivity index (χ1n) is 6.02. The fourth-order valence-electron chi connectivity index (χ4n) is 1.68. The zero-order valence-electron chi connectivity index (χ0n) is 10.5. The van der Waals surface area contributed by atoms with Crippen molar-refractivity contribution in [2.45, 2.75) is 39.2 Å². The Morgan fingerprint density at radius 3 is 3.00 bits per heavy atom. The number of carboxylic acid groups (broad SMARTS) is 1. The maximum Gasteiger partial charge on any atom is 0.303 e. The Morgan fingerprint density at radius 2 is 2.26 bits per heavy atom. The second-order valence-electron chi connectivity index (χ2n) is 4.02. The summed E-state index contributed by atoms with van der Waals surface area (Å²) in [5.74, 6) is -0.204. The molecular formula is C10H14N6O2S. The van der Waals surface area contributed by atoms with Crippen molar-refractivity contribution in [2.24, 2.45) is 0 Å². The molecule has 0 amide bonds. The van der Waals surface area contributed by atoms with Crippen molar-refractivity contribution >= 4 is 17.5 Å². The van der Waals surface area contributed by atoms with Crippen LogP contribution in [0.3, 0.4) is 0 Å². The van der Waals surface area contributed by atoms with Gasteiger partial charge in [-0.2, -0.15) is 0 Å². The van der Waals surface area contributed by atoms with Gasteiger partial charge < -0.3 is 5.11 Å². The standard InChI is InChI=1S/C10H14N6O2S/c1-2-4-7-9(19-15-11-7)10-12-13-14-16(10)6-3-5-8(17)18/h2-6H2,1H3,(H,17,18). The van der Waals surface area contributed by atoms with Crippen molar-refractivity contribution in [3.05, 3.63) is 5.69 Å². The molecule has 9 heteroatoms. The van der Waals surface area contributed by atoms with Crippen molar-refractivity contribution < 1.29 is 9.90 Å². The highest BCUT2D eigenvalue weighted by Crippen LogP contribution is 2.24. The van der Waals surface area contributed by atoms with Crippen LogP contribution in [0.2, 0.25) is 0 Å². The summed E-state index contributed by atoms with van der Waals surface area (Å²) in [5, 5.41) is 24.2. The van der Waals surface area contributed by atoms with E-state index in [4.69, 9.17) is 5.11 Å². The van der Waals surface area contributed by atoms with Crippen LogP contribution >= 0.6 is 11.5 Å². The van der Waals surface area contributed by atoms with Gasteiger partial charge in [-0.1, -0.05) is 17.8 Å². The van der Waals surface area contributed by atoms with E-state index in [1.54, 1.807) is 4.68 Å². The van der Waals surface area contributed by atoms with Crippen LogP contribution in [0.4, 0.5) is 0 Å². The Morgan fingerprint density at radius 1 is 1.42 bits per heavy atom. The highest BCUT2D eigenvalue weighted by Gasteiger charge is 2.16. The quantitative estimate of drug-likeness (QED) is 0.807. The molecule has 0 aliphatic rings. The molecule has 0 aromatic carbocycles. The maximum atomic E-state index is 10.5. The van der Waals surface area contributed by atoms with Gasteiger partial charge in [0.15, 0.2) is 5.82 Å². The number of aliphatic carboxylic acids is 1. The van der Waals surface area contributed by atoms with E-state index < -0.39 is 5.97 Å². The Labute approximate surface area is 113 Å². The van der Waals surface area contributed by atoms with Gasteiger partial charge >= 0.3 is 5.97 Å². The van der Waals surface area contributed by atoms with Crippen molar-refractivity contribution in [2.75, 3.05) is 0 Å². The van der Waals surface area contributed by atoms with E-state index >= 15 is 0 Å². The van der Waals surface area contributed by atoms with E-state index in [-0.39, 0.29) is 6.42 Å². The summed E-state index contributed by atoms with van der Waals surface area (Å²) in [5.41, 5.74) is 0.891. The number of hydrogen-bond acceptors (Lipinski definition) is 7. The number of tetrazole rings is 1. The number of rotatable bonds is 7. The van der Waals surface area contributed by atoms with Gasteiger partial charge in [-0.15, -0.1) is 10.2 Å². The molecule has 1 N–H and O–H groups in total. The van der Waals surface area contributed by atoms with Gasteiger partial charge in [0, 0.05) is 13.0 Å². The van der Waals surface area contributed by atoms with Crippen LogP contribution in [-0.4, -0.2) is 40.9 Å². The smallest absolute Gasteiger partial charge is 0.303 e. The first-order valence-corrected chi connectivity index (χ1v) is 6.79. The summed E-state index contributed by atoms with van der Waals surface area (Å²) in [4.78, 5) is 11.4. The van der Waals surface area contributed by atoms with Crippen LogP contribution in [0.25, 0.3) is 10.7 Å². The van der Waals surface area contributed by atoms with Gasteiger partial charge in [0.1, 0.15) is 4.88 Å². The molecule has 0 saturated carbocycles. The normalized spacial score (nSPS) is 10.8. The molecule has 2 heterocycles. The lowest BCUT2D eigenvalue weighted by atomic mass is 10.2. The van der Waals surface area contributed by atoms with Crippen molar-refractivity contribution in [1.29, 1.82) is 0 Å². The summed E-state index contributed by atoms with van der Waals surface area (Å²) in [6, 6.07) is 0. The summed E-state index contributed by atoms with van der Waals surface area (Å²) in [6.45, 7) is 2.54. The average molecular weight is 282 g/mol. The number of nitrogens with zero attached hydrogens (tertiary/aromatic N) is 6. The van der Waals surface area contributed by atoms with E-state index in [1.807, 2.05) is 0 Å². The molecular weight excluding hydrogens is 268 g/mol. The molecule has 2 rings (SSSR count). The molecule has 0 radical (unpaired) electrons. The molecule has 102 valence electrons. The summed E-state index contributed by atoms with van der Waals surface area (Å²) < 4.78 is 5.54. The molecule has 0 bridgehead atoms. The SMILES string of the molecule is CCCc1nnsc1-c1nnnn1CCCC(=O)O. The molecule has 19 heavy (non-hydrogen) atoms. The van der Waals surface area contributed by atoms with E-state index in [1.165, 1.54) is 11.5 Å². The number of carboxylic acids is 1. The highest BCUT2D eigenvalue weighted by atomic mass is 32.1. The van der Waals surface area contributed by atoms with Crippen LogP contribution in [0.15, 0.2) is 0 Å². The average Bonchev–Trinajstić information content (AvgIpc) is 2.97. The monoisotopic (exact) mass is 282 g/mol. The minimum absolute atomic E-state index is 0.0993. The molecule has 8 nitrogen and oxygen atoms in total. The molecule has 0 saturated heterocycles. The molecule has 0 fully saturated rings. The van der Waals surface area contributed by atoms with E-state index in [0.717, 1.165) is 23.4 Å². The van der Waals surface area contributed by atoms with E-state index in [2.05, 4.69) is 32.0 Å². The van der Waals surface area contributed by atoms with Gasteiger partial charge in [-0.05, 0) is 34.8 Å². The third-order valence-electron chi connectivity index (χ3n) is 2.54. The summed E-state index contributed by atoms with van der Waals surface area (Å²) in [6.07, 6.45) is 2.39. The summed E-state index contributed by atoms with van der Waals surface area (Å²) in [7, 11) is 0. The number of aromatic nitrogens is 6. The van der Waals surface area contributed by atoms with Crippen LogP contribution in [0, 0.1) is 0 Å². The van der Waals surface area contributed by atoms with Gasteiger partial charge in [0.05, 0.1) is 5.69 Å². The Kier molecular flexibility index (Phi) is 4.50. The zero-order chi connectivity index (χ0) is 13.7. The van der Waals surface area contributed by atoms with Crippen LogP contribution in [0.1, 0.15) is 31.9 Å². The van der Waals surface area contributed by atoms with Crippen LogP contribution < -0.4 is 0 Å². The Balaban J connectivity index is 2.14. The number of hydrogen-bond donors (Lipinski definition) is 1. The fraction of sp³-hybridized carbons (Fsp3) is 0.600. The Bertz CT molecular complexity index is 552. The molecule has 0 aliphatic heterocycles. The van der Waals surface area contributed by atoms with Crippen LogP contribution in [-0.2, 0) is 17.8 Å². The molecule has 0 unspecified atom stereocenters. The van der Waals surface area contributed by atoms with E-state index in [9.17, 15) is 4.79 Å². The zero-order valence-corrected chi connectivity index (χ0v) is 11.3. The fourth-order valence-corrected chi connectivity index (χ4v) is 2.37. The van der Waals surface area contributed by atoms with E-state index in [0.29, 0.717) is 18.8 Å². The van der Waals surface area contributed by atoms with Crippen molar-refractivity contribution in [3.8, 4) is 10.7 Å². The first-order chi connectivity index (χ1) is 9.22. The van der Waals surface area contributed by atoms with Gasteiger partial charge in [0.2, 0.25) is 0 Å². The number of carbonyl (C=O) groups is 1. The third-order valence-corrected chi connectivity index (χ3v) is 3.30. The largest absolute Gasteiger partial charge is 0.481 e. The maximum absolute atomic E-state index is 10.5. The number of aryl methyl sites for hydroxylation is 2. The second-order valence-corrected chi connectivity index (χ2v) is 4.78. The second kappa shape index (κ2) is 6.32. The third kappa shape index (κ3) is 3.31. The lowest BCUT2D eigenvalue weighted by Crippen LogP contribution is -2.06. The van der Waals surface area contributed by atoms with Gasteiger partial charge in [-0.3, -0.25) is 4.79 Å². The Hall–Kier alpha value is -1.90. The summed E-state index contributed by atoms with van der Waals surface area (Å²) >= 11 is 1.26. The van der Waals surface area contributed by atoms with Crippen molar-refractivity contribution in [1.82, 2.24) is 29.8 Å². The minimum atomic E-state index is -0.819. The lowest BCUT2D eigenvalue weighted by Gasteiger charge is -2.02. The molecule has 0 spiro atoms. The van der Waals surface area contributed by atoms with Crippen molar-refractivity contribution in [3.63, 3.8) is 0 Å². The molecule has 0 aliphatic carbocycles. The molecule has 2 aromatic heterocycles. The minimum Gasteiger partial charge on any atom is -0.481 e. The first kappa shape index (κ1) is 13.5. The van der Waals surface area contributed by atoms with Gasteiger partial charge in [0.25, 0.3) is 0 Å².